The van der Waals surface area contributed by atoms with Crippen molar-refractivity contribution in [2.75, 3.05) is 0 Å². The molecule has 0 saturated heterocycles. The molecule has 0 rings (SSSR count). The Balaban J connectivity index is 3.21. The molecule has 2 atom stereocenters. The summed E-state index contributed by atoms with van der Waals surface area (Å²) in [6, 6.07) is 0. The molecule has 0 aromatic rings. The van der Waals surface area contributed by atoms with Crippen LogP contribution in [0.1, 0.15) is 129 Å². The molecule has 0 aromatic carbocycles. The zero-order valence-electron chi connectivity index (χ0n) is 16.8. The van der Waals surface area contributed by atoms with Crippen molar-refractivity contribution in [3.05, 3.63) is 0 Å². The summed E-state index contributed by atoms with van der Waals surface area (Å²) in [6.07, 6.45) is 21.4. The van der Waals surface area contributed by atoms with Crippen LogP contribution in [0.5, 0.6) is 0 Å². The van der Waals surface area contributed by atoms with Crippen LogP contribution in [0.2, 0.25) is 0 Å². The molecule has 0 saturated carbocycles. The maximum Gasteiger partial charge on any atom is 0.0540 e. The summed E-state index contributed by atoms with van der Waals surface area (Å²) in [5.41, 5.74) is 0. The smallest absolute Gasteiger partial charge is 0.0540 e. The fourth-order valence-corrected chi connectivity index (χ4v) is 3.37. The van der Waals surface area contributed by atoms with Crippen molar-refractivity contribution in [1.29, 1.82) is 0 Å². The Hall–Kier alpha value is -0.0800. The van der Waals surface area contributed by atoms with Crippen molar-refractivity contribution in [2.45, 2.75) is 142 Å². The molecule has 2 nitrogen and oxygen atoms in total. The molecule has 0 spiro atoms. The quantitative estimate of drug-likeness (QED) is 0.254. The summed E-state index contributed by atoms with van der Waals surface area (Å²) in [7, 11) is 0. The lowest BCUT2D eigenvalue weighted by molar-refractivity contribution is 0.145. The first-order valence-corrected chi connectivity index (χ1v) is 11.1. The third kappa shape index (κ3) is 18.3. The zero-order chi connectivity index (χ0) is 17.9. The Morgan fingerprint density at radius 3 is 0.958 bits per heavy atom. The van der Waals surface area contributed by atoms with Gasteiger partial charge in [-0.05, 0) is 25.7 Å². The lowest BCUT2D eigenvalue weighted by Crippen LogP contribution is -2.06. The number of hydrogen-bond acceptors (Lipinski definition) is 2. The van der Waals surface area contributed by atoms with E-state index in [0.29, 0.717) is 0 Å². The Morgan fingerprint density at radius 2 is 0.667 bits per heavy atom. The van der Waals surface area contributed by atoms with Crippen LogP contribution >= 0.6 is 0 Å². The average Bonchev–Trinajstić information content (AvgIpc) is 2.58. The van der Waals surface area contributed by atoms with Gasteiger partial charge in [0, 0.05) is 0 Å². The molecule has 24 heavy (non-hydrogen) atoms. The van der Waals surface area contributed by atoms with Gasteiger partial charge in [-0.2, -0.15) is 0 Å². The first-order chi connectivity index (χ1) is 11.7. The van der Waals surface area contributed by atoms with Crippen molar-refractivity contribution in [3.63, 3.8) is 0 Å². The minimum absolute atomic E-state index is 0.0651. The number of unbranched alkanes of at least 4 members (excludes halogenated alkanes) is 11. The molecule has 0 bridgehead atoms. The van der Waals surface area contributed by atoms with Gasteiger partial charge in [0.25, 0.3) is 0 Å². The van der Waals surface area contributed by atoms with Crippen LogP contribution in [0.3, 0.4) is 0 Å². The SMILES string of the molecule is CCCCCC[C@H](O)CCCCCCCC[C@@H](O)CCCCCC. The van der Waals surface area contributed by atoms with Crippen molar-refractivity contribution in [2.24, 2.45) is 0 Å². The molecule has 2 heteroatoms. The standard InChI is InChI=1S/C22H46O2/c1-3-5-7-13-17-21(23)19-15-11-9-10-12-16-20-22(24)18-14-8-6-4-2/h21-24H,3-20H2,1-2H3/t21-,22-/m0/s1. The Morgan fingerprint density at radius 1 is 0.417 bits per heavy atom. The normalized spacial score (nSPS) is 14.0. The molecule has 0 amide bonds. The van der Waals surface area contributed by atoms with Gasteiger partial charge in [0.15, 0.2) is 0 Å². The summed E-state index contributed by atoms with van der Waals surface area (Å²) in [4.78, 5) is 0. The van der Waals surface area contributed by atoms with Crippen LogP contribution in [0.25, 0.3) is 0 Å². The van der Waals surface area contributed by atoms with Crippen molar-refractivity contribution in [3.8, 4) is 0 Å². The summed E-state index contributed by atoms with van der Waals surface area (Å²) in [6.45, 7) is 4.45. The van der Waals surface area contributed by atoms with E-state index in [2.05, 4.69) is 13.8 Å². The van der Waals surface area contributed by atoms with Crippen molar-refractivity contribution < 1.29 is 10.2 Å². The maximum atomic E-state index is 9.93. The molecular formula is C22H46O2. The van der Waals surface area contributed by atoms with E-state index in [4.69, 9.17) is 0 Å². The number of aliphatic hydroxyl groups excluding tert-OH is 2. The first-order valence-electron chi connectivity index (χ1n) is 11.1. The highest BCUT2D eigenvalue weighted by molar-refractivity contribution is 4.59. The molecule has 0 aromatic heterocycles. The number of aliphatic hydroxyl groups is 2. The van der Waals surface area contributed by atoms with Gasteiger partial charge in [0.05, 0.1) is 12.2 Å². The van der Waals surface area contributed by atoms with Crippen molar-refractivity contribution >= 4 is 0 Å². The second-order valence-corrected chi connectivity index (χ2v) is 7.70. The molecule has 0 aliphatic carbocycles. The second kappa shape index (κ2) is 19.2. The Labute approximate surface area is 152 Å². The minimum atomic E-state index is -0.0651. The van der Waals surface area contributed by atoms with Gasteiger partial charge in [-0.3, -0.25) is 0 Å². The van der Waals surface area contributed by atoms with E-state index in [9.17, 15) is 10.2 Å². The average molecular weight is 343 g/mol. The first kappa shape index (κ1) is 23.9. The molecule has 0 fully saturated rings. The van der Waals surface area contributed by atoms with Gasteiger partial charge < -0.3 is 10.2 Å². The van der Waals surface area contributed by atoms with E-state index in [1.165, 1.54) is 89.9 Å². The fourth-order valence-electron chi connectivity index (χ4n) is 3.37. The number of rotatable bonds is 19. The molecular weight excluding hydrogens is 296 g/mol. The summed E-state index contributed by atoms with van der Waals surface area (Å²) in [5, 5.41) is 19.9. The lowest BCUT2D eigenvalue weighted by atomic mass is 10.0. The van der Waals surface area contributed by atoms with Gasteiger partial charge in [0.2, 0.25) is 0 Å². The molecule has 0 unspecified atom stereocenters. The van der Waals surface area contributed by atoms with Crippen LogP contribution in [-0.2, 0) is 0 Å². The Kier molecular flexibility index (Phi) is 19.2. The fraction of sp³-hybridized carbons (Fsp3) is 1.00. The summed E-state index contributed by atoms with van der Waals surface area (Å²) < 4.78 is 0. The van der Waals surface area contributed by atoms with E-state index >= 15 is 0 Å². The summed E-state index contributed by atoms with van der Waals surface area (Å²) in [5.74, 6) is 0. The predicted molar refractivity (Wildman–Crippen MR) is 106 cm³/mol. The molecule has 2 N–H and O–H groups in total. The number of hydrogen-bond donors (Lipinski definition) is 2. The van der Waals surface area contributed by atoms with Gasteiger partial charge in [-0.25, -0.2) is 0 Å². The topological polar surface area (TPSA) is 40.5 Å². The van der Waals surface area contributed by atoms with E-state index in [1.807, 2.05) is 0 Å². The molecule has 0 aliphatic heterocycles. The maximum absolute atomic E-state index is 9.93. The molecule has 0 heterocycles. The van der Waals surface area contributed by atoms with Crippen molar-refractivity contribution in [1.82, 2.24) is 0 Å². The van der Waals surface area contributed by atoms with E-state index in [-0.39, 0.29) is 12.2 Å². The summed E-state index contributed by atoms with van der Waals surface area (Å²) >= 11 is 0. The van der Waals surface area contributed by atoms with E-state index in [0.717, 1.165) is 25.7 Å². The highest BCUT2D eigenvalue weighted by Gasteiger charge is 2.05. The van der Waals surface area contributed by atoms with Crippen LogP contribution < -0.4 is 0 Å². The zero-order valence-corrected chi connectivity index (χ0v) is 16.8. The van der Waals surface area contributed by atoms with E-state index < -0.39 is 0 Å². The van der Waals surface area contributed by atoms with Gasteiger partial charge in [-0.15, -0.1) is 0 Å². The van der Waals surface area contributed by atoms with E-state index in [1.54, 1.807) is 0 Å². The van der Waals surface area contributed by atoms with Gasteiger partial charge in [0.1, 0.15) is 0 Å². The Bertz CT molecular complexity index is 206. The third-order valence-electron chi connectivity index (χ3n) is 5.11. The second-order valence-electron chi connectivity index (χ2n) is 7.70. The van der Waals surface area contributed by atoms with Crippen LogP contribution in [-0.4, -0.2) is 22.4 Å². The molecule has 146 valence electrons. The lowest BCUT2D eigenvalue weighted by Gasteiger charge is -2.11. The monoisotopic (exact) mass is 342 g/mol. The largest absolute Gasteiger partial charge is 0.393 e. The van der Waals surface area contributed by atoms with Gasteiger partial charge >= 0.3 is 0 Å². The molecule has 0 aliphatic rings. The predicted octanol–water partition coefficient (Wildman–Crippen LogP) is 6.77. The van der Waals surface area contributed by atoms with Gasteiger partial charge in [-0.1, -0.05) is 104 Å². The van der Waals surface area contributed by atoms with Crippen LogP contribution in [0.4, 0.5) is 0 Å². The minimum Gasteiger partial charge on any atom is -0.393 e. The van der Waals surface area contributed by atoms with Crippen LogP contribution in [0, 0.1) is 0 Å². The third-order valence-corrected chi connectivity index (χ3v) is 5.11. The highest BCUT2D eigenvalue weighted by atomic mass is 16.3. The highest BCUT2D eigenvalue weighted by Crippen LogP contribution is 2.15. The van der Waals surface area contributed by atoms with Crippen LogP contribution in [0.15, 0.2) is 0 Å². The molecule has 0 radical (unpaired) electrons.